The molecule has 2 aliphatic heterocycles. The first-order chi connectivity index (χ1) is 15.5. The van der Waals surface area contributed by atoms with Crippen molar-refractivity contribution in [2.24, 2.45) is 0 Å². The van der Waals surface area contributed by atoms with Gasteiger partial charge in [0.05, 0.1) is 10.0 Å². The van der Waals surface area contributed by atoms with Gasteiger partial charge in [0, 0.05) is 24.8 Å². The normalized spacial score (nSPS) is 23.0. The average molecular weight is 523 g/mol. The molecule has 33 heavy (non-hydrogen) atoms. The first-order valence-electron chi connectivity index (χ1n) is 9.67. The fraction of sp³-hybridized carbons (Fsp3) is 0.350. The molecule has 0 spiro atoms. The molecule has 3 heterocycles. The molecular weight excluding hydrogens is 507 g/mol. The van der Waals surface area contributed by atoms with E-state index in [1.807, 2.05) is 0 Å². The van der Waals surface area contributed by atoms with E-state index in [0.717, 1.165) is 12.1 Å². The summed E-state index contributed by atoms with van der Waals surface area (Å²) < 4.78 is 56.6. The molecule has 2 fully saturated rings. The lowest BCUT2D eigenvalue weighted by atomic mass is 9.79. The zero-order chi connectivity index (χ0) is 24.0. The molecule has 2 aliphatic rings. The molecule has 0 aliphatic carbocycles. The van der Waals surface area contributed by atoms with E-state index in [9.17, 15) is 22.4 Å². The fourth-order valence-electron chi connectivity index (χ4n) is 3.87. The predicted molar refractivity (Wildman–Crippen MR) is 118 cm³/mol. The van der Waals surface area contributed by atoms with Crippen molar-refractivity contribution in [2.75, 3.05) is 24.6 Å². The summed E-state index contributed by atoms with van der Waals surface area (Å²) in [6.45, 7) is -0.278. The summed E-state index contributed by atoms with van der Waals surface area (Å²) in [6, 6.07) is 4.46. The number of alkyl halides is 3. The monoisotopic (exact) mass is 522 g/mol. The maximum Gasteiger partial charge on any atom is 0.400 e. The van der Waals surface area contributed by atoms with E-state index >= 15 is 0 Å². The Morgan fingerprint density at radius 3 is 2.55 bits per heavy atom. The Morgan fingerprint density at radius 2 is 2.00 bits per heavy atom. The van der Waals surface area contributed by atoms with Crippen molar-refractivity contribution in [1.29, 1.82) is 0 Å². The Hall–Kier alpha value is -2.21. The highest BCUT2D eigenvalue weighted by molar-refractivity contribution is 7.80. The van der Waals surface area contributed by atoms with Gasteiger partial charge < -0.3 is 10.2 Å². The van der Waals surface area contributed by atoms with Gasteiger partial charge in [0.25, 0.3) is 5.91 Å². The maximum atomic E-state index is 14.3. The first-order valence-corrected chi connectivity index (χ1v) is 10.8. The first kappa shape index (κ1) is 23.9. The molecule has 4 rings (SSSR count). The molecule has 6 nitrogen and oxygen atoms in total. The Bertz CT molecular complexity index is 1080. The van der Waals surface area contributed by atoms with Gasteiger partial charge in [0.2, 0.25) is 0 Å². The van der Waals surface area contributed by atoms with Gasteiger partial charge in [-0.05, 0) is 36.2 Å². The molecule has 0 radical (unpaired) electrons. The third kappa shape index (κ3) is 4.46. The molecule has 1 aromatic heterocycles. The van der Waals surface area contributed by atoms with Crippen molar-refractivity contribution in [1.82, 2.24) is 15.8 Å². The van der Waals surface area contributed by atoms with Crippen molar-refractivity contribution < 1.29 is 27.2 Å². The number of benzene rings is 1. The van der Waals surface area contributed by atoms with E-state index in [1.165, 1.54) is 11.1 Å². The Kier molecular flexibility index (Phi) is 6.43. The van der Waals surface area contributed by atoms with E-state index in [4.69, 9.17) is 40.3 Å². The predicted octanol–water partition coefficient (Wildman–Crippen LogP) is 3.93. The maximum absolute atomic E-state index is 14.3. The van der Waals surface area contributed by atoms with Crippen molar-refractivity contribution in [3.8, 4) is 0 Å². The third-order valence-corrected chi connectivity index (χ3v) is 6.63. The number of aromatic nitrogens is 1. The molecule has 2 unspecified atom stereocenters. The highest BCUT2D eigenvalue weighted by Crippen LogP contribution is 2.49. The number of nitrogens with one attached hydrogen (secondary N) is 2. The number of anilines is 1. The lowest BCUT2D eigenvalue weighted by molar-refractivity contribution is -0.184. The number of carbonyl (C=O) groups excluding carboxylic acids is 1. The molecule has 2 atom stereocenters. The molecule has 0 saturated carbocycles. The highest BCUT2D eigenvalue weighted by atomic mass is 35.5. The minimum Gasteiger partial charge on any atom is -0.362 e. The second-order valence-electron chi connectivity index (χ2n) is 7.71. The molecule has 2 aromatic rings. The molecule has 1 aromatic carbocycles. The van der Waals surface area contributed by atoms with Crippen LogP contribution in [0, 0.1) is 5.82 Å². The van der Waals surface area contributed by atoms with E-state index in [-0.39, 0.29) is 36.0 Å². The number of rotatable bonds is 4. The second kappa shape index (κ2) is 8.86. The van der Waals surface area contributed by atoms with Gasteiger partial charge in [0.1, 0.15) is 28.9 Å². The average Bonchev–Trinajstić information content (AvgIpc) is 3.39. The van der Waals surface area contributed by atoms with Crippen LogP contribution >= 0.6 is 35.4 Å². The summed E-state index contributed by atoms with van der Waals surface area (Å²) in [5, 5.41) is 1.90. The van der Waals surface area contributed by atoms with Gasteiger partial charge in [0.15, 0.2) is 5.82 Å². The van der Waals surface area contributed by atoms with Crippen LogP contribution in [0.3, 0.4) is 0 Å². The van der Waals surface area contributed by atoms with E-state index in [0.29, 0.717) is 11.4 Å². The minimum absolute atomic E-state index is 0.0563. The summed E-state index contributed by atoms with van der Waals surface area (Å²) in [6.07, 6.45) is -3.51. The molecule has 2 saturated heterocycles. The van der Waals surface area contributed by atoms with Crippen molar-refractivity contribution in [3.63, 3.8) is 0 Å². The van der Waals surface area contributed by atoms with E-state index < -0.39 is 40.0 Å². The van der Waals surface area contributed by atoms with Crippen LogP contribution in [-0.4, -0.2) is 47.8 Å². The van der Waals surface area contributed by atoms with Crippen LogP contribution in [0.1, 0.15) is 17.5 Å². The van der Waals surface area contributed by atoms with Gasteiger partial charge in [-0.2, -0.15) is 13.2 Å². The summed E-state index contributed by atoms with van der Waals surface area (Å²) in [5.74, 6) is -1.00. The molecule has 1 amide bonds. The van der Waals surface area contributed by atoms with Crippen molar-refractivity contribution >= 4 is 52.1 Å². The quantitative estimate of drug-likeness (QED) is 0.360. The number of pyridine rings is 1. The smallest absolute Gasteiger partial charge is 0.362 e. The largest absolute Gasteiger partial charge is 0.400 e. The molecule has 2 N–H and O–H groups in total. The Morgan fingerprint density at radius 1 is 1.30 bits per heavy atom. The third-order valence-electron chi connectivity index (χ3n) is 5.73. The van der Waals surface area contributed by atoms with Crippen LogP contribution in [0.25, 0.3) is 0 Å². The Balaban J connectivity index is 1.55. The number of hydroxylamine groups is 1. The zero-order valence-electron chi connectivity index (χ0n) is 16.7. The minimum atomic E-state index is -4.64. The van der Waals surface area contributed by atoms with Crippen LogP contribution in [0.4, 0.5) is 23.4 Å². The second-order valence-corrected chi connectivity index (χ2v) is 8.94. The van der Waals surface area contributed by atoms with Crippen LogP contribution in [-0.2, 0) is 15.0 Å². The molecule has 13 heteroatoms. The Labute approximate surface area is 201 Å². The van der Waals surface area contributed by atoms with Crippen LogP contribution < -0.4 is 15.7 Å². The lowest BCUT2D eigenvalue weighted by Gasteiger charge is -2.33. The van der Waals surface area contributed by atoms with Gasteiger partial charge in [-0.15, -0.1) is 0 Å². The standard InChI is InChI=1S/C20H16Cl2F4N4O2S/c21-12-5-11(6-13(22)16(12)23)19(20(24,25)26)3-4-30(9-19)15-2-1-10(7-27-15)18(33)28-14-8-32-29-17(14)31/h1-2,5-7,14H,3-4,8-9H2,(H,28,33)(H,29,31). The van der Waals surface area contributed by atoms with Gasteiger partial charge in [-0.1, -0.05) is 35.4 Å². The van der Waals surface area contributed by atoms with Crippen molar-refractivity contribution in [3.05, 3.63) is 57.5 Å². The van der Waals surface area contributed by atoms with Gasteiger partial charge in [-0.3, -0.25) is 9.63 Å². The molecular formula is C20H16Cl2F4N4O2S. The number of carbonyl (C=O) groups is 1. The van der Waals surface area contributed by atoms with Gasteiger partial charge in [-0.25, -0.2) is 14.9 Å². The summed E-state index contributed by atoms with van der Waals surface area (Å²) >= 11 is 16.8. The fourth-order valence-corrected chi connectivity index (χ4v) is 4.62. The van der Waals surface area contributed by atoms with Gasteiger partial charge >= 0.3 is 6.18 Å². The lowest BCUT2D eigenvalue weighted by Crippen LogP contribution is -2.45. The van der Waals surface area contributed by atoms with Crippen molar-refractivity contribution in [2.45, 2.75) is 24.1 Å². The summed E-state index contributed by atoms with van der Waals surface area (Å²) in [7, 11) is 0. The number of amides is 1. The molecule has 176 valence electrons. The summed E-state index contributed by atoms with van der Waals surface area (Å²) in [5.41, 5.74) is 0.204. The number of halogens is 6. The number of hydrogen-bond acceptors (Lipinski definition) is 5. The van der Waals surface area contributed by atoms with E-state index in [2.05, 4.69) is 15.8 Å². The SMILES string of the molecule is O=C1NOCC1NC(=S)c1ccc(N2CCC(c3cc(Cl)c(F)c(Cl)c3)(C(F)(F)F)C2)nc1. The highest BCUT2D eigenvalue weighted by Gasteiger charge is 2.59. The van der Waals surface area contributed by atoms with E-state index in [1.54, 1.807) is 12.1 Å². The number of nitrogens with zero attached hydrogens (tertiary/aromatic N) is 2. The van der Waals surface area contributed by atoms with Crippen LogP contribution in [0.5, 0.6) is 0 Å². The zero-order valence-corrected chi connectivity index (χ0v) is 19.0. The number of hydrogen-bond donors (Lipinski definition) is 2. The topological polar surface area (TPSA) is 66.5 Å². The van der Waals surface area contributed by atoms with Crippen LogP contribution in [0.15, 0.2) is 30.5 Å². The number of thiocarbonyl (C=S) groups is 1. The van der Waals surface area contributed by atoms with Crippen LogP contribution in [0.2, 0.25) is 10.0 Å². The summed E-state index contributed by atoms with van der Waals surface area (Å²) in [4.78, 5) is 22.4. The molecule has 0 bridgehead atoms.